The lowest BCUT2D eigenvalue weighted by Crippen LogP contribution is -2.34. The van der Waals surface area contributed by atoms with Crippen molar-refractivity contribution in [3.8, 4) is 0 Å². The number of carbonyl (C=O) groups is 1. The Morgan fingerprint density at radius 2 is 1.55 bits per heavy atom. The Balaban J connectivity index is 1.55. The number of rotatable bonds is 19. The second-order valence-corrected chi connectivity index (χ2v) is 12.7. The average molecular weight is 551 g/mol. The number of allylic oxidation sites excluding steroid dienone is 2. The highest BCUT2D eigenvalue weighted by Crippen LogP contribution is 2.62. The summed E-state index contributed by atoms with van der Waals surface area (Å²) in [6, 6.07) is 9.60. The summed E-state index contributed by atoms with van der Waals surface area (Å²) >= 11 is 0. The van der Waals surface area contributed by atoms with E-state index in [4.69, 9.17) is 18.3 Å². The molecule has 1 aromatic rings. The third-order valence-electron chi connectivity index (χ3n) is 6.86. The van der Waals surface area contributed by atoms with Crippen LogP contribution in [0.2, 0.25) is 0 Å². The molecule has 7 heteroatoms. The molecule has 1 heterocycles. The number of phosphoric acid groups is 1. The summed E-state index contributed by atoms with van der Waals surface area (Å²) in [5.74, 6) is -0.362. The van der Waals surface area contributed by atoms with E-state index in [0.29, 0.717) is 6.42 Å². The standard InChI is InChI=1S/C31H51O6P/c1-5-6-7-8-9-10-11-12-13-14-15-16-17-18-22-25-29(32)35-27(2)36-38(33)34-26-31(3,4)30(37-38)28-23-20-19-21-24-28/h12-13,19-21,23-24,27,30H,5-11,14-18,22,25-26H2,1-4H3/b13-12-. The van der Waals surface area contributed by atoms with Crippen molar-refractivity contribution in [2.45, 2.75) is 130 Å². The van der Waals surface area contributed by atoms with E-state index >= 15 is 0 Å². The van der Waals surface area contributed by atoms with Crippen molar-refractivity contribution in [3.63, 3.8) is 0 Å². The lowest BCUT2D eigenvalue weighted by molar-refractivity contribution is -0.167. The molecule has 1 aliphatic rings. The highest BCUT2D eigenvalue weighted by molar-refractivity contribution is 7.48. The summed E-state index contributed by atoms with van der Waals surface area (Å²) in [6.07, 6.45) is 19.2. The molecular weight excluding hydrogens is 499 g/mol. The maximum atomic E-state index is 13.1. The monoisotopic (exact) mass is 550 g/mol. The van der Waals surface area contributed by atoms with Gasteiger partial charge in [0.1, 0.15) is 6.10 Å². The largest absolute Gasteiger partial charge is 0.478 e. The number of esters is 1. The van der Waals surface area contributed by atoms with Crippen LogP contribution in [0.15, 0.2) is 42.5 Å². The minimum Gasteiger partial charge on any atom is -0.435 e. The molecule has 1 aliphatic heterocycles. The molecule has 0 amide bonds. The number of hydrogen-bond donors (Lipinski definition) is 0. The van der Waals surface area contributed by atoms with Crippen LogP contribution >= 0.6 is 7.82 Å². The second kappa shape index (κ2) is 18.0. The Labute approximate surface area is 231 Å². The number of unbranched alkanes of at least 4 members (excludes halogenated alkanes) is 11. The molecule has 0 radical (unpaired) electrons. The lowest BCUT2D eigenvalue weighted by Gasteiger charge is -2.41. The third kappa shape index (κ3) is 13.1. The van der Waals surface area contributed by atoms with E-state index in [1.165, 1.54) is 57.8 Å². The topological polar surface area (TPSA) is 71.1 Å². The molecule has 2 rings (SSSR count). The first-order chi connectivity index (χ1) is 18.3. The predicted molar refractivity (Wildman–Crippen MR) is 154 cm³/mol. The van der Waals surface area contributed by atoms with Crippen LogP contribution in [0.5, 0.6) is 0 Å². The first-order valence-corrected chi connectivity index (χ1v) is 16.2. The minimum absolute atomic E-state index is 0.208. The van der Waals surface area contributed by atoms with Gasteiger partial charge in [0.05, 0.1) is 6.61 Å². The van der Waals surface area contributed by atoms with E-state index in [2.05, 4.69) is 19.1 Å². The van der Waals surface area contributed by atoms with Crippen molar-refractivity contribution in [3.05, 3.63) is 48.0 Å². The van der Waals surface area contributed by atoms with Gasteiger partial charge in [-0.05, 0) is 44.6 Å². The van der Waals surface area contributed by atoms with Gasteiger partial charge in [-0.1, -0.05) is 115 Å². The van der Waals surface area contributed by atoms with Crippen LogP contribution in [-0.4, -0.2) is 18.9 Å². The molecule has 1 saturated heterocycles. The maximum absolute atomic E-state index is 13.1. The van der Waals surface area contributed by atoms with Gasteiger partial charge in [-0.3, -0.25) is 13.8 Å². The van der Waals surface area contributed by atoms with Gasteiger partial charge in [0.25, 0.3) is 0 Å². The van der Waals surface area contributed by atoms with Crippen molar-refractivity contribution >= 4 is 13.8 Å². The molecule has 38 heavy (non-hydrogen) atoms. The molecule has 0 aromatic heterocycles. The summed E-state index contributed by atoms with van der Waals surface area (Å²) in [4.78, 5) is 12.2. The fourth-order valence-corrected chi connectivity index (χ4v) is 6.34. The highest BCUT2D eigenvalue weighted by atomic mass is 31.2. The van der Waals surface area contributed by atoms with Crippen molar-refractivity contribution in [1.82, 2.24) is 0 Å². The Kier molecular flexibility index (Phi) is 15.5. The molecule has 1 fully saturated rings. The first-order valence-electron chi connectivity index (χ1n) is 14.8. The van der Waals surface area contributed by atoms with E-state index < -0.39 is 20.2 Å². The molecule has 6 nitrogen and oxygen atoms in total. The fraction of sp³-hybridized carbons (Fsp3) is 0.710. The lowest BCUT2D eigenvalue weighted by atomic mass is 9.83. The van der Waals surface area contributed by atoms with Gasteiger partial charge < -0.3 is 4.74 Å². The SMILES string of the molecule is CCCCCCCC/C=C\CCCCCCCC(=O)OC(C)OP1(=O)OCC(C)(C)C(c2ccccc2)O1. The number of carbonyl (C=O) groups excluding carboxylic acids is 1. The van der Waals surface area contributed by atoms with Crippen molar-refractivity contribution in [1.29, 1.82) is 0 Å². The smallest absolute Gasteiger partial charge is 0.435 e. The molecule has 216 valence electrons. The van der Waals surface area contributed by atoms with E-state index in [1.54, 1.807) is 6.92 Å². The zero-order chi connectivity index (χ0) is 27.7. The molecule has 1 aromatic carbocycles. The first kappa shape index (κ1) is 32.8. The Morgan fingerprint density at radius 1 is 0.974 bits per heavy atom. The summed E-state index contributed by atoms with van der Waals surface area (Å²) in [6.45, 7) is 7.99. The highest BCUT2D eigenvalue weighted by Gasteiger charge is 2.47. The fourth-order valence-electron chi connectivity index (χ4n) is 4.61. The van der Waals surface area contributed by atoms with Crippen LogP contribution in [-0.2, 0) is 27.7 Å². The Bertz CT molecular complexity index is 853. The number of phosphoric ester groups is 1. The van der Waals surface area contributed by atoms with Crippen molar-refractivity contribution in [2.75, 3.05) is 6.61 Å². The van der Waals surface area contributed by atoms with Crippen LogP contribution in [0.4, 0.5) is 0 Å². The van der Waals surface area contributed by atoms with E-state index in [9.17, 15) is 9.36 Å². The van der Waals surface area contributed by atoms with Gasteiger partial charge in [0.15, 0.2) is 0 Å². The van der Waals surface area contributed by atoms with Gasteiger partial charge in [0, 0.05) is 11.8 Å². The maximum Gasteiger partial charge on any atom is 0.478 e. The molecule has 3 unspecified atom stereocenters. The molecule has 0 saturated carbocycles. The normalized spacial score (nSPS) is 21.9. The molecular formula is C31H51O6P. The molecule has 3 atom stereocenters. The number of benzene rings is 1. The van der Waals surface area contributed by atoms with Gasteiger partial charge in [-0.25, -0.2) is 9.09 Å². The van der Waals surface area contributed by atoms with E-state index in [-0.39, 0.29) is 18.0 Å². The van der Waals surface area contributed by atoms with Crippen LogP contribution < -0.4 is 0 Å². The average Bonchev–Trinajstić information content (AvgIpc) is 2.88. The number of ether oxygens (including phenoxy) is 1. The second-order valence-electron chi connectivity index (χ2n) is 11.1. The molecule has 0 bridgehead atoms. The van der Waals surface area contributed by atoms with Crippen molar-refractivity contribution < 1.29 is 27.7 Å². The zero-order valence-corrected chi connectivity index (χ0v) is 25.1. The third-order valence-corrected chi connectivity index (χ3v) is 8.33. The van der Waals surface area contributed by atoms with Gasteiger partial charge in [-0.15, -0.1) is 0 Å². The number of hydrogen-bond acceptors (Lipinski definition) is 6. The molecule has 0 spiro atoms. The van der Waals surface area contributed by atoms with Crippen LogP contribution in [0, 0.1) is 5.41 Å². The summed E-state index contributed by atoms with van der Waals surface area (Å²) in [5, 5.41) is 0. The quantitative estimate of drug-likeness (QED) is 0.0561. The molecule has 0 N–H and O–H groups in total. The Morgan fingerprint density at radius 3 is 2.18 bits per heavy atom. The summed E-state index contributed by atoms with van der Waals surface area (Å²) in [5.41, 5.74) is 0.515. The van der Waals surface area contributed by atoms with E-state index in [0.717, 1.165) is 31.2 Å². The zero-order valence-electron chi connectivity index (χ0n) is 24.2. The minimum atomic E-state index is -3.87. The van der Waals surface area contributed by atoms with Gasteiger partial charge in [-0.2, -0.15) is 0 Å². The Hall–Kier alpha value is -1.46. The van der Waals surface area contributed by atoms with Crippen LogP contribution in [0.1, 0.15) is 129 Å². The van der Waals surface area contributed by atoms with Crippen LogP contribution in [0.3, 0.4) is 0 Å². The van der Waals surface area contributed by atoms with Gasteiger partial charge in [0.2, 0.25) is 6.29 Å². The van der Waals surface area contributed by atoms with Crippen LogP contribution in [0.25, 0.3) is 0 Å². The summed E-state index contributed by atoms with van der Waals surface area (Å²) in [7, 11) is -3.87. The van der Waals surface area contributed by atoms with Crippen molar-refractivity contribution in [2.24, 2.45) is 5.41 Å². The molecule has 0 aliphatic carbocycles. The predicted octanol–water partition coefficient (Wildman–Crippen LogP) is 9.85. The van der Waals surface area contributed by atoms with E-state index in [1.807, 2.05) is 44.2 Å². The summed E-state index contributed by atoms with van der Waals surface area (Å²) < 4.78 is 35.3. The van der Waals surface area contributed by atoms with Gasteiger partial charge >= 0.3 is 13.8 Å².